The predicted molar refractivity (Wildman–Crippen MR) is 49.7 cm³/mol. The summed E-state index contributed by atoms with van der Waals surface area (Å²) in [7, 11) is 3.02. The third kappa shape index (κ3) is 2.11. The number of aryl methyl sites for hydroxylation is 2. The lowest BCUT2D eigenvalue weighted by Crippen LogP contribution is -2.25. The normalized spacial score (nSPS) is 12.6. The molecule has 0 aliphatic heterocycles. The van der Waals surface area contributed by atoms with E-state index in [0.717, 1.165) is 11.3 Å². The van der Waals surface area contributed by atoms with Crippen LogP contribution in [0.4, 0.5) is 0 Å². The van der Waals surface area contributed by atoms with Gasteiger partial charge in [0.25, 0.3) is 0 Å². The van der Waals surface area contributed by atoms with E-state index >= 15 is 0 Å². The van der Waals surface area contributed by atoms with E-state index < -0.39 is 12.1 Å². The number of esters is 1. The fourth-order valence-electron chi connectivity index (χ4n) is 1.27. The number of carbonyl (C=O) groups excluding carboxylic acids is 1. The van der Waals surface area contributed by atoms with Crippen LogP contribution in [-0.2, 0) is 23.0 Å². The molecule has 1 rings (SSSR count). The molecule has 1 unspecified atom stereocenters. The van der Waals surface area contributed by atoms with Gasteiger partial charge in [-0.1, -0.05) is 0 Å². The maximum atomic E-state index is 11.0. The average molecular weight is 198 g/mol. The molecule has 0 aliphatic carbocycles. The van der Waals surface area contributed by atoms with Crippen molar-refractivity contribution in [3.8, 4) is 0 Å². The lowest BCUT2D eigenvalue weighted by atomic mass is 10.1. The highest BCUT2D eigenvalue weighted by molar-refractivity contribution is 5.74. The van der Waals surface area contributed by atoms with Crippen LogP contribution < -0.4 is 0 Å². The zero-order valence-corrected chi connectivity index (χ0v) is 8.52. The molecule has 0 aromatic carbocycles. The summed E-state index contributed by atoms with van der Waals surface area (Å²) in [6, 6.07) is 0. The minimum Gasteiger partial charge on any atom is -0.467 e. The summed E-state index contributed by atoms with van der Waals surface area (Å²) in [4.78, 5) is 11.0. The summed E-state index contributed by atoms with van der Waals surface area (Å²) in [5, 5.41) is 13.4. The van der Waals surface area contributed by atoms with Crippen molar-refractivity contribution in [3.05, 3.63) is 17.5 Å². The monoisotopic (exact) mass is 198 g/mol. The van der Waals surface area contributed by atoms with Crippen molar-refractivity contribution >= 4 is 5.97 Å². The molecule has 14 heavy (non-hydrogen) atoms. The van der Waals surface area contributed by atoms with Gasteiger partial charge in [-0.15, -0.1) is 0 Å². The van der Waals surface area contributed by atoms with Crippen molar-refractivity contribution in [2.75, 3.05) is 7.11 Å². The Morgan fingerprint density at radius 1 is 1.79 bits per heavy atom. The van der Waals surface area contributed by atoms with Crippen LogP contribution in [0, 0.1) is 6.92 Å². The van der Waals surface area contributed by atoms with Gasteiger partial charge in [0.05, 0.1) is 13.3 Å². The molecular formula is C9H14N2O3. The van der Waals surface area contributed by atoms with Crippen molar-refractivity contribution in [3.63, 3.8) is 0 Å². The number of methoxy groups -OCH3 is 1. The fourth-order valence-corrected chi connectivity index (χ4v) is 1.27. The first-order valence-electron chi connectivity index (χ1n) is 4.29. The maximum absolute atomic E-state index is 11.0. The lowest BCUT2D eigenvalue weighted by molar-refractivity contribution is -0.150. The smallest absolute Gasteiger partial charge is 0.335 e. The molecule has 1 N–H and O–H groups in total. The number of nitrogens with zero attached hydrogens (tertiary/aromatic N) is 2. The summed E-state index contributed by atoms with van der Waals surface area (Å²) < 4.78 is 6.06. The van der Waals surface area contributed by atoms with Gasteiger partial charge in [0, 0.05) is 19.2 Å². The largest absolute Gasteiger partial charge is 0.467 e. The summed E-state index contributed by atoms with van der Waals surface area (Å²) in [5.74, 6) is -0.620. The van der Waals surface area contributed by atoms with Gasteiger partial charge in [-0.2, -0.15) is 5.10 Å². The van der Waals surface area contributed by atoms with Crippen LogP contribution in [0.5, 0.6) is 0 Å². The molecule has 0 radical (unpaired) electrons. The number of aliphatic hydroxyl groups is 1. The molecule has 1 aromatic heterocycles. The Hall–Kier alpha value is -1.36. The van der Waals surface area contributed by atoms with Crippen molar-refractivity contribution in [2.45, 2.75) is 19.4 Å². The van der Waals surface area contributed by atoms with E-state index in [1.165, 1.54) is 7.11 Å². The second-order valence-corrected chi connectivity index (χ2v) is 3.14. The first kappa shape index (κ1) is 10.7. The number of carbonyl (C=O) groups is 1. The molecule has 0 bridgehead atoms. The number of aromatic nitrogens is 2. The Morgan fingerprint density at radius 2 is 2.43 bits per heavy atom. The highest BCUT2D eigenvalue weighted by Gasteiger charge is 2.18. The maximum Gasteiger partial charge on any atom is 0.335 e. The molecule has 1 atom stereocenters. The Balaban J connectivity index is 2.73. The standard InChI is InChI=1S/C9H14N2O3/c1-6-5-10-11(2)7(6)4-8(12)9(13)14-3/h5,8,12H,4H2,1-3H3. The summed E-state index contributed by atoms with van der Waals surface area (Å²) in [5.41, 5.74) is 1.79. The van der Waals surface area contributed by atoms with Crippen LogP contribution >= 0.6 is 0 Å². The van der Waals surface area contributed by atoms with Gasteiger partial charge >= 0.3 is 5.97 Å². The van der Waals surface area contributed by atoms with Crippen LogP contribution in [0.2, 0.25) is 0 Å². The van der Waals surface area contributed by atoms with E-state index in [9.17, 15) is 9.90 Å². The molecule has 0 saturated carbocycles. The number of ether oxygens (including phenoxy) is 1. The van der Waals surface area contributed by atoms with E-state index in [1.807, 2.05) is 6.92 Å². The van der Waals surface area contributed by atoms with Crippen LogP contribution in [-0.4, -0.2) is 34.1 Å². The number of aliphatic hydroxyl groups excluding tert-OH is 1. The Morgan fingerprint density at radius 3 is 2.86 bits per heavy atom. The van der Waals surface area contributed by atoms with E-state index in [-0.39, 0.29) is 6.42 Å². The second kappa shape index (κ2) is 4.23. The number of rotatable bonds is 3. The summed E-state index contributed by atoms with van der Waals surface area (Å²) in [6.07, 6.45) is 0.808. The van der Waals surface area contributed by atoms with Gasteiger partial charge in [-0.05, 0) is 12.5 Å². The van der Waals surface area contributed by atoms with Gasteiger partial charge in [-0.3, -0.25) is 4.68 Å². The molecule has 0 saturated heterocycles. The molecule has 0 fully saturated rings. The highest BCUT2D eigenvalue weighted by Crippen LogP contribution is 2.09. The van der Waals surface area contributed by atoms with E-state index in [4.69, 9.17) is 0 Å². The fraction of sp³-hybridized carbons (Fsp3) is 0.556. The lowest BCUT2D eigenvalue weighted by Gasteiger charge is -2.09. The molecule has 0 aliphatic rings. The molecule has 0 amide bonds. The zero-order chi connectivity index (χ0) is 10.7. The third-order valence-electron chi connectivity index (χ3n) is 2.13. The minimum atomic E-state index is -1.12. The first-order valence-corrected chi connectivity index (χ1v) is 4.29. The Kier molecular flexibility index (Phi) is 3.24. The average Bonchev–Trinajstić information content (AvgIpc) is 2.48. The van der Waals surface area contributed by atoms with Gasteiger partial charge in [0.2, 0.25) is 0 Å². The number of hydrogen-bond acceptors (Lipinski definition) is 4. The minimum absolute atomic E-state index is 0.231. The summed E-state index contributed by atoms with van der Waals surface area (Å²) >= 11 is 0. The van der Waals surface area contributed by atoms with Gasteiger partial charge < -0.3 is 9.84 Å². The predicted octanol–water partition coefficient (Wildman–Crippen LogP) is -0.195. The quantitative estimate of drug-likeness (QED) is 0.683. The SMILES string of the molecule is COC(=O)C(O)Cc1c(C)cnn1C. The molecule has 78 valence electrons. The third-order valence-corrected chi connectivity index (χ3v) is 2.13. The first-order chi connectivity index (χ1) is 6.56. The van der Waals surface area contributed by atoms with Crippen LogP contribution in [0.25, 0.3) is 0 Å². The molecular weight excluding hydrogens is 184 g/mol. The van der Waals surface area contributed by atoms with Gasteiger partial charge in [-0.25, -0.2) is 4.79 Å². The zero-order valence-electron chi connectivity index (χ0n) is 8.52. The molecule has 1 heterocycles. The second-order valence-electron chi connectivity index (χ2n) is 3.14. The topological polar surface area (TPSA) is 64.3 Å². The molecule has 5 nitrogen and oxygen atoms in total. The van der Waals surface area contributed by atoms with Crippen molar-refractivity contribution in [1.29, 1.82) is 0 Å². The Labute approximate surface area is 82.3 Å². The van der Waals surface area contributed by atoms with Gasteiger partial charge in [0.1, 0.15) is 0 Å². The van der Waals surface area contributed by atoms with Gasteiger partial charge in [0.15, 0.2) is 6.10 Å². The van der Waals surface area contributed by atoms with Crippen molar-refractivity contribution in [1.82, 2.24) is 9.78 Å². The molecule has 1 aromatic rings. The molecule has 0 spiro atoms. The van der Waals surface area contributed by atoms with Crippen molar-refractivity contribution in [2.24, 2.45) is 7.05 Å². The van der Waals surface area contributed by atoms with E-state index in [0.29, 0.717) is 0 Å². The van der Waals surface area contributed by atoms with Crippen LogP contribution in [0.3, 0.4) is 0 Å². The number of hydrogen-bond donors (Lipinski definition) is 1. The highest BCUT2D eigenvalue weighted by atomic mass is 16.5. The Bertz CT molecular complexity index is 313. The van der Waals surface area contributed by atoms with E-state index in [1.54, 1.807) is 17.9 Å². The van der Waals surface area contributed by atoms with Crippen molar-refractivity contribution < 1.29 is 14.6 Å². The van der Waals surface area contributed by atoms with Crippen LogP contribution in [0.1, 0.15) is 11.3 Å². The summed E-state index contributed by atoms with van der Waals surface area (Å²) in [6.45, 7) is 1.88. The molecule has 5 heteroatoms. The van der Waals surface area contributed by atoms with Crippen LogP contribution in [0.15, 0.2) is 6.20 Å². The van der Waals surface area contributed by atoms with E-state index in [2.05, 4.69) is 9.84 Å².